The summed E-state index contributed by atoms with van der Waals surface area (Å²) in [6.45, 7) is 10.6. The molecule has 2 aromatic rings. The summed E-state index contributed by atoms with van der Waals surface area (Å²) < 4.78 is 6.74. The second-order valence-corrected chi connectivity index (χ2v) is 11.4. The zero-order chi connectivity index (χ0) is 25.3. The predicted molar refractivity (Wildman–Crippen MR) is 127 cm³/mol. The second-order valence-electron chi connectivity index (χ2n) is 11.4. The lowest BCUT2D eigenvalue weighted by Crippen LogP contribution is -2.54. The van der Waals surface area contributed by atoms with E-state index in [9.17, 15) is 24.6 Å². The highest BCUT2D eigenvalue weighted by Crippen LogP contribution is 2.67. The number of hydrogen-bond donors (Lipinski definition) is 2. The molecule has 2 unspecified atom stereocenters. The first kappa shape index (κ1) is 24.0. The van der Waals surface area contributed by atoms with E-state index in [4.69, 9.17) is 4.74 Å². The van der Waals surface area contributed by atoms with E-state index in [1.165, 1.54) is 0 Å². The molecule has 2 aliphatic rings. The van der Waals surface area contributed by atoms with Gasteiger partial charge in [-0.2, -0.15) is 0 Å². The summed E-state index contributed by atoms with van der Waals surface area (Å²) in [5.41, 5.74) is -2.46. The van der Waals surface area contributed by atoms with E-state index in [0.717, 1.165) is 5.56 Å². The largest absolute Gasteiger partial charge is 0.481 e. The average Bonchev–Trinajstić information content (AvgIpc) is 3.11. The molecule has 0 fully saturated rings. The fraction of sp³-hybridized carbons (Fsp3) is 0.464. The highest BCUT2D eigenvalue weighted by Gasteiger charge is 2.72. The number of carbonyl (C=O) groups is 3. The Balaban J connectivity index is 2.09. The van der Waals surface area contributed by atoms with E-state index >= 15 is 0 Å². The number of ether oxygens (including phenoxy) is 1. The number of hydrogen-bond acceptors (Lipinski definition) is 4. The Labute approximate surface area is 200 Å². The van der Waals surface area contributed by atoms with Crippen molar-refractivity contribution in [2.24, 2.45) is 10.8 Å². The number of fused-ring (bicyclic) bond motifs is 5. The van der Waals surface area contributed by atoms with Crippen molar-refractivity contribution in [1.82, 2.24) is 0 Å². The number of ketones is 1. The molecule has 6 nitrogen and oxygen atoms in total. The van der Waals surface area contributed by atoms with Crippen molar-refractivity contribution in [3.05, 3.63) is 64.7 Å². The van der Waals surface area contributed by atoms with Crippen LogP contribution in [-0.2, 0) is 20.6 Å². The van der Waals surface area contributed by atoms with E-state index < -0.39 is 33.8 Å². The van der Waals surface area contributed by atoms with Gasteiger partial charge in [0.05, 0.1) is 10.8 Å². The van der Waals surface area contributed by atoms with Gasteiger partial charge in [-0.3, -0.25) is 14.4 Å². The monoisotopic (exact) mass is 464 g/mol. The number of Topliss-reactive ketones (excluding diaryl/α,β-unsaturated/α-hetero) is 1. The standard InChI is InChI=1S/C28H32O6/c1-16(2)17-11-12-20-21(13-17)34-28(15-26(5,6)24(32)33)19-10-8-7-9-18(19)22(29)27(20,28)14-25(3,4)23(30)31/h7-13,16H,14-15H2,1-6H3,(H,30,31)(H,32,33). The lowest BCUT2D eigenvalue weighted by Gasteiger charge is -2.44. The number of carboxylic acids is 2. The van der Waals surface area contributed by atoms with Crippen LogP contribution in [-0.4, -0.2) is 27.9 Å². The predicted octanol–water partition coefficient (Wildman–Crippen LogP) is 5.53. The van der Waals surface area contributed by atoms with Crippen LogP contribution in [0.3, 0.4) is 0 Å². The van der Waals surface area contributed by atoms with Crippen molar-refractivity contribution in [2.45, 2.75) is 71.3 Å². The first-order valence-electron chi connectivity index (χ1n) is 11.6. The quantitative estimate of drug-likeness (QED) is 0.558. The third-order valence-corrected chi connectivity index (χ3v) is 7.66. The molecule has 0 bridgehead atoms. The summed E-state index contributed by atoms with van der Waals surface area (Å²) >= 11 is 0. The summed E-state index contributed by atoms with van der Waals surface area (Å²) in [4.78, 5) is 38.9. The van der Waals surface area contributed by atoms with E-state index in [-0.39, 0.29) is 24.5 Å². The fourth-order valence-electron chi connectivity index (χ4n) is 5.72. The van der Waals surface area contributed by atoms with Crippen LogP contribution in [0.1, 0.15) is 87.4 Å². The zero-order valence-corrected chi connectivity index (χ0v) is 20.6. The Morgan fingerprint density at radius 3 is 2.09 bits per heavy atom. The van der Waals surface area contributed by atoms with Gasteiger partial charge in [-0.25, -0.2) is 0 Å². The lowest BCUT2D eigenvalue weighted by atomic mass is 9.58. The Bertz CT molecular complexity index is 1210. The normalized spacial score (nSPS) is 23.3. The van der Waals surface area contributed by atoms with Crippen molar-refractivity contribution in [3.63, 3.8) is 0 Å². The maximum absolute atomic E-state index is 14.3. The Morgan fingerprint density at radius 2 is 1.50 bits per heavy atom. The van der Waals surface area contributed by atoms with Crippen LogP contribution in [0.25, 0.3) is 0 Å². The molecule has 1 heterocycles. The maximum atomic E-state index is 14.3. The highest BCUT2D eigenvalue weighted by molar-refractivity contribution is 6.11. The van der Waals surface area contributed by atoms with Gasteiger partial charge in [-0.15, -0.1) is 0 Å². The Morgan fingerprint density at radius 1 is 0.912 bits per heavy atom. The van der Waals surface area contributed by atoms with Crippen molar-refractivity contribution >= 4 is 17.7 Å². The van der Waals surface area contributed by atoms with E-state index in [1.807, 2.05) is 30.3 Å². The first-order valence-corrected chi connectivity index (χ1v) is 11.6. The SMILES string of the molecule is CC(C)c1ccc2c(c1)OC1(CC(C)(C)C(=O)O)c3ccccc3C(=O)C21CC(C)(C)C(=O)O. The number of aliphatic carboxylic acids is 2. The molecular formula is C28H32O6. The minimum Gasteiger partial charge on any atom is -0.481 e. The molecule has 0 spiro atoms. The molecule has 0 amide bonds. The second kappa shape index (κ2) is 7.42. The molecule has 6 heteroatoms. The molecule has 0 radical (unpaired) electrons. The van der Waals surface area contributed by atoms with Crippen LogP contribution in [0, 0.1) is 10.8 Å². The average molecular weight is 465 g/mol. The molecule has 180 valence electrons. The Hall–Kier alpha value is -3.15. The number of benzene rings is 2. The van der Waals surface area contributed by atoms with Gasteiger partial charge in [-0.05, 0) is 51.7 Å². The smallest absolute Gasteiger partial charge is 0.309 e. The van der Waals surface area contributed by atoms with Crippen molar-refractivity contribution in [1.29, 1.82) is 0 Å². The summed E-state index contributed by atoms with van der Waals surface area (Å²) in [5, 5.41) is 20.1. The van der Waals surface area contributed by atoms with Gasteiger partial charge in [0.1, 0.15) is 11.2 Å². The van der Waals surface area contributed by atoms with E-state index in [1.54, 1.807) is 39.8 Å². The first-order chi connectivity index (χ1) is 15.7. The topological polar surface area (TPSA) is 101 Å². The van der Waals surface area contributed by atoms with Gasteiger partial charge in [0, 0.05) is 23.1 Å². The summed E-state index contributed by atoms with van der Waals surface area (Å²) in [7, 11) is 0. The lowest BCUT2D eigenvalue weighted by molar-refractivity contribution is -0.154. The van der Waals surface area contributed by atoms with E-state index in [0.29, 0.717) is 22.4 Å². The van der Waals surface area contributed by atoms with Gasteiger partial charge >= 0.3 is 11.9 Å². The highest BCUT2D eigenvalue weighted by atomic mass is 16.5. The van der Waals surface area contributed by atoms with Gasteiger partial charge < -0.3 is 14.9 Å². The van der Waals surface area contributed by atoms with Crippen LogP contribution >= 0.6 is 0 Å². The molecule has 2 N–H and O–H groups in total. The summed E-state index contributed by atoms with van der Waals surface area (Å²) in [6, 6.07) is 12.9. The van der Waals surface area contributed by atoms with E-state index in [2.05, 4.69) is 13.8 Å². The zero-order valence-electron chi connectivity index (χ0n) is 20.6. The number of carbonyl (C=O) groups excluding carboxylic acids is 1. The van der Waals surface area contributed by atoms with Crippen molar-refractivity contribution in [3.8, 4) is 5.75 Å². The fourth-order valence-corrected chi connectivity index (χ4v) is 5.72. The van der Waals surface area contributed by atoms with Gasteiger partial charge in [0.25, 0.3) is 0 Å². The molecule has 1 aliphatic carbocycles. The minimum absolute atomic E-state index is 0.0134. The molecule has 4 rings (SSSR count). The molecule has 0 saturated heterocycles. The molecule has 0 aromatic heterocycles. The molecule has 1 aliphatic heterocycles. The van der Waals surface area contributed by atoms with Crippen LogP contribution < -0.4 is 4.74 Å². The molecule has 34 heavy (non-hydrogen) atoms. The van der Waals surface area contributed by atoms with Crippen LogP contribution in [0.4, 0.5) is 0 Å². The Kier molecular flexibility index (Phi) is 5.24. The summed E-state index contributed by atoms with van der Waals surface area (Å²) in [5.74, 6) is -1.50. The third kappa shape index (κ3) is 3.11. The molecule has 2 atom stereocenters. The van der Waals surface area contributed by atoms with Crippen molar-refractivity contribution in [2.75, 3.05) is 0 Å². The van der Waals surface area contributed by atoms with Gasteiger partial charge in [0.15, 0.2) is 11.4 Å². The van der Waals surface area contributed by atoms with Gasteiger partial charge in [0.2, 0.25) is 0 Å². The number of rotatable bonds is 7. The molecule has 2 aromatic carbocycles. The third-order valence-electron chi connectivity index (χ3n) is 7.66. The molecule has 0 saturated carbocycles. The van der Waals surface area contributed by atoms with Gasteiger partial charge in [-0.1, -0.05) is 50.2 Å². The number of carboxylic acid groups (broad SMARTS) is 2. The van der Waals surface area contributed by atoms with Crippen LogP contribution in [0.2, 0.25) is 0 Å². The minimum atomic E-state index is -1.36. The molecular weight excluding hydrogens is 432 g/mol. The van der Waals surface area contributed by atoms with Crippen molar-refractivity contribution < 1.29 is 29.3 Å². The maximum Gasteiger partial charge on any atom is 0.309 e. The summed E-state index contributed by atoms with van der Waals surface area (Å²) in [6.07, 6.45) is -0.00789. The van der Waals surface area contributed by atoms with Crippen LogP contribution in [0.15, 0.2) is 42.5 Å². The van der Waals surface area contributed by atoms with Crippen LogP contribution in [0.5, 0.6) is 5.75 Å².